The first-order chi connectivity index (χ1) is 14.9. The number of amides is 3. The minimum atomic E-state index is -0.647. The van der Waals surface area contributed by atoms with E-state index in [9.17, 15) is 19.5 Å². The minimum Gasteiger partial charge on any atom is -0.396 e. The van der Waals surface area contributed by atoms with Gasteiger partial charge in [0.05, 0.1) is 11.8 Å². The number of fused-ring (bicyclic) bond motifs is 1. The molecule has 3 N–H and O–H groups in total. The number of nitrogens with zero attached hydrogens (tertiary/aromatic N) is 1. The molecule has 1 fully saturated rings. The summed E-state index contributed by atoms with van der Waals surface area (Å²) in [4.78, 5) is 41.7. The van der Waals surface area contributed by atoms with Crippen molar-refractivity contribution in [3.05, 3.63) is 12.2 Å². The Morgan fingerprint density at radius 3 is 2.28 bits per heavy atom. The predicted molar refractivity (Wildman–Crippen MR) is 126 cm³/mol. The molecule has 0 bridgehead atoms. The molecule has 1 aliphatic heterocycles. The highest BCUT2D eigenvalue weighted by Crippen LogP contribution is 2.45. The van der Waals surface area contributed by atoms with Crippen molar-refractivity contribution in [3.8, 4) is 0 Å². The van der Waals surface area contributed by atoms with E-state index in [0.717, 1.165) is 12.8 Å². The molecule has 0 spiro atoms. The summed E-state index contributed by atoms with van der Waals surface area (Å²) < 4.78 is 0. The zero-order valence-corrected chi connectivity index (χ0v) is 20.9. The van der Waals surface area contributed by atoms with Gasteiger partial charge in [-0.3, -0.25) is 14.4 Å². The van der Waals surface area contributed by atoms with Gasteiger partial charge in [0.1, 0.15) is 6.04 Å². The van der Waals surface area contributed by atoms with Crippen LogP contribution in [0.15, 0.2) is 12.2 Å². The van der Waals surface area contributed by atoms with Gasteiger partial charge < -0.3 is 20.6 Å². The van der Waals surface area contributed by atoms with Gasteiger partial charge in [0.25, 0.3) is 0 Å². The first-order valence-electron chi connectivity index (χ1n) is 12.0. The number of rotatable bonds is 9. The third-order valence-corrected chi connectivity index (χ3v) is 6.64. The molecule has 0 aromatic heterocycles. The molecule has 0 unspecified atom stereocenters. The molecule has 0 aromatic carbocycles. The summed E-state index contributed by atoms with van der Waals surface area (Å²) >= 11 is 0. The third-order valence-electron chi connectivity index (χ3n) is 6.64. The highest BCUT2D eigenvalue weighted by atomic mass is 16.3. The monoisotopic (exact) mass is 449 g/mol. The van der Waals surface area contributed by atoms with E-state index in [-0.39, 0.29) is 41.6 Å². The Balaban J connectivity index is 2.40. The van der Waals surface area contributed by atoms with Crippen molar-refractivity contribution >= 4 is 17.7 Å². The number of hydrogen-bond acceptors (Lipinski definition) is 4. The Kier molecular flexibility index (Phi) is 8.54. The van der Waals surface area contributed by atoms with E-state index in [1.807, 2.05) is 32.9 Å². The molecule has 1 heterocycles. The number of likely N-dealkylation sites (tertiary alicyclic amines) is 1. The highest BCUT2D eigenvalue weighted by Gasteiger charge is 2.57. The van der Waals surface area contributed by atoms with Gasteiger partial charge in [-0.2, -0.15) is 0 Å². The molecule has 32 heavy (non-hydrogen) atoms. The molecule has 5 atom stereocenters. The Labute approximate surface area is 193 Å². The topological polar surface area (TPSA) is 98.7 Å². The summed E-state index contributed by atoms with van der Waals surface area (Å²) in [5, 5.41) is 15.1. The first kappa shape index (κ1) is 26.4. The molecular weight excluding hydrogens is 406 g/mol. The fourth-order valence-electron chi connectivity index (χ4n) is 5.82. The number of allylic oxidation sites excluding steroid dienone is 1. The number of unbranched alkanes of at least 4 members (excludes halogenated alkanes) is 1. The number of aliphatic hydroxyl groups excluding tert-OH is 1. The summed E-state index contributed by atoms with van der Waals surface area (Å²) in [5.41, 5.74) is -0.396. The van der Waals surface area contributed by atoms with Crippen LogP contribution in [-0.4, -0.2) is 59.5 Å². The highest BCUT2D eigenvalue weighted by molar-refractivity contribution is 5.97. The van der Waals surface area contributed by atoms with Crippen molar-refractivity contribution in [1.82, 2.24) is 15.5 Å². The molecule has 1 aliphatic carbocycles. The number of hydrogen-bond donors (Lipinski definition) is 3. The molecule has 2 rings (SSSR count). The fourth-order valence-corrected chi connectivity index (χ4v) is 5.82. The van der Waals surface area contributed by atoms with Crippen LogP contribution in [0.4, 0.5) is 0 Å². The summed E-state index contributed by atoms with van der Waals surface area (Å²) in [5.74, 6) is -1.83. The van der Waals surface area contributed by atoms with E-state index in [2.05, 4.69) is 31.4 Å². The molecule has 0 saturated carbocycles. The summed E-state index contributed by atoms with van der Waals surface area (Å²) in [6, 6.07) is -0.647. The second-order valence-electron chi connectivity index (χ2n) is 11.2. The Hall–Kier alpha value is -1.89. The number of aliphatic hydroxyl groups is 1. The van der Waals surface area contributed by atoms with Crippen molar-refractivity contribution < 1.29 is 19.5 Å². The van der Waals surface area contributed by atoms with Gasteiger partial charge in [0, 0.05) is 31.7 Å². The maximum Gasteiger partial charge on any atom is 0.243 e. The average Bonchev–Trinajstić information content (AvgIpc) is 2.96. The quantitative estimate of drug-likeness (QED) is 0.372. The number of nitrogens with one attached hydrogen (secondary N) is 2. The Morgan fingerprint density at radius 1 is 1.09 bits per heavy atom. The smallest absolute Gasteiger partial charge is 0.243 e. The summed E-state index contributed by atoms with van der Waals surface area (Å²) in [7, 11) is 1.60. The van der Waals surface area contributed by atoms with Gasteiger partial charge in [-0.25, -0.2) is 0 Å². The normalized spacial score (nSPS) is 27.9. The molecule has 3 amide bonds. The van der Waals surface area contributed by atoms with Crippen LogP contribution in [0.3, 0.4) is 0 Å². The van der Waals surface area contributed by atoms with Gasteiger partial charge in [0.15, 0.2) is 0 Å². The minimum absolute atomic E-state index is 0.0291. The standard InChI is InChI=1S/C25H43N3O4/c1-8-16-11-12-17-19(18(16)21(30)26-7)23(32)28(13-9-10-14-29)20(17)22(31)27-25(5,6)15-24(2,3)4/h11-12,16-20,29H,8-10,13-15H2,1-7H3,(H,26,30)(H,27,31)/t16-,17+,18-,19-,20+/m1/s1. The fraction of sp³-hybridized carbons (Fsp3) is 0.800. The second kappa shape index (κ2) is 10.4. The molecule has 0 aromatic rings. The molecule has 182 valence electrons. The van der Waals surface area contributed by atoms with Gasteiger partial charge >= 0.3 is 0 Å². The lowest BCUT2D eigenvalue weighted by molar-refractivity contribution is -0.141. The van der Waals surface area contributed by atoms with E-state index < -0.39 is 23.4 Å². The number of carbonyl (C=O) groups is 3. The molecule has 0 radical (unpaired) electrons. The van der Waals surface area contributed by atoms with Crippen LogP contribution in [0.25, 0.3) is 0 Å². The largest absolute Gasteiger partial charge is 0.396 e. The van der Waals surface area contributed by atoms with Crippen LogP contribution in [0.5, 0.6) is 0 Å². The Morgan fingerprint density at radius 2 is 1.75 bits per heavy atom. The van der Waals surface area contributed by atoms with E-state index in [1.165, 1.54) is 0 Å². The van der Waals surface area contributed by atoms with Crippen LogP contribution in [-0.2, 0) is 14.4 Å². The van der Waals surface area contributed by atoms with E-state index in [0.29, 0.717) is 19.4 Å². The van der Waals surface area contributed by atoms with Crippen LogP contribution >= 0.6 is 0 Å². The van der Waals surface area contributed by atoms with Crippen LogP contribution < -0.4 is 10.6 Å². The maximum atomic E-state index is 13.6. The molecule has 7 nitrogen and oxygen atoms in total. The van der Waals surface area contributed by atoms with E-state index >= 15 is 0 Å². The molecular formula is C25H43N3O4. The van der Waals surface area contributed by atoms with E-state index in [1.54, 1.807) is 11.9 Å². The van der Waals surface area contributed by atoms with Crippen molar-refractivity contribution in [2.75, 3.05) is 20.2 Å². The SMILES string of the molecule is CC[C@@H]1C=C[C@H]2[C@@H](C(=O)N(CCCCO)[C@@H]2C(=O)NC(C)(C)CC(C)(C)C)[C@@H]1C(=O)NC. The lowest BCUT2D eigenvalue weighted by Crippen LogP contribution is -2.54. The van der Waals surface area contributed by atoms with Crippen molar-refractivity contribution in [1.29, 1.82) is 0 Å². The van der Waals surface area contributed by atoms with Gasteiger partial charge in [0.2, 0.25) is 17.7 Å². The van der Waals surface area contributed by atoms with Crippen molar-refractivity contribution in [2.45, 2.75) is 78.8 Å². The van der Waals surface area contributed by atoms with Crippen molar-refractivity contribution in [2.24, 2.45) is 29.1 Å². The number of carbonyl (C=O) groups excluding carboxylic acids is 3. The third kappa shape index (κ3) is 5.91. The van der Waals surface area contributed by atoms with Gasteiger partial charge in [-0.1, -0.05) is 39.8 Å². The predicted octanol–water partition coefficient (Wildman–Crippen LogP) is 2.49. The van der Waals surface area contributed by atoms with E-state index in [4.69, 9.17) is 0 Å². The molecule has 2 aliphatic rings. The van der Waals surface area contributed by atoms with Crippen molar-refractivity contribution in [3.63, 3.8) is 0 Å². The Bertz CT molecular complexity index is 725. The molecule has 7 heteroatoms. The van der Waals surface area contributed by atoms with Crippen LogP contribution in [0.1, 0.15) is 67.2 Å². The average molecular weight is 450 g/mol. The maximum absolute atomic E-state index is 13.6. The zero-order valence-electron chi connectivity index (χ0n) is 20.9. The molecule has 1 saturated heterocycles. The summed E-state index contributed by atoms with van der Waals surface area (Å²) in [6.45, 7) is 12.9. The van der Waals surface area contributed by atoms with Crippen LogP contribution in [0, 0.1) is 29.1 Å². The zero-order chi connectivity index (χ0) is 24.3. The summed E-state index contributed by atoms with van der Waals surface area (Å²) in [6.07, 6.45) is 6.73. The lowest BCUT2D eigenvalue weighted by atomic mass is 9.68. The van der Waals surface area contributed by atoms with Gasteiger partial charge in [-0.05, 0) is 50.9 Å². The van der Waals surface area contributed by atoms with Crippen LogP contribution in [0.2, 0.25) is 0 Å². The first-order valence-corrected chi connectivity index (χ1v) is 12.0. The second-order valence-corrected chi connectivity index (χ2v) is 11.2. The lowest BCUT2D eigenvalue weighted by Gasteiger charge is -2.37. The van der Waals surface area contributed by atoms with Gasteiger partial charge in [-0.15, -0.1) is 0 Å².